The molecule has 0 spiro atoms. The maximum Gasteiger partial charge on any atom is 0.425 e. The molecular weight excluding hydrogens is 371 g/mol. The minimum absolute atomic E-state index is 0.260. The Labute approximate surface area is 153 Å². The van der Waals surface area contributed by atoms with E-state index < -0.39 is 35.5 Å². The first kappa shape index (κ1) is 22.0. The largest absolute Gasteiger partial charge is 0.462 e. The molecule has 1 aromatic carbocycles. The number of rotatable bonds is 7. The summed E-state index contributed by atoms with van der Waals surface area (Å²) in [6, 6.07) is 8.30. The lowest BCUT2D eigenvalue weighted by Crippen LogP contribution is -2.36. The highest BCUT2D eigenvalue weighted by molar-refractivity contribution is 6.03. The van der Waals surface area contributed by atoms with Crippen molar-refractivity contribution >= 4 is 18.0 Å². The van der Waals surface area contributed by atoms with E-state index in [0.717, 1.165) is 0 Å². The Bertz CT molecular complexity index is 700. The number of amides is 1. The van der Waals surface area contributed by atoms with Crippen molar-refractivity contribution in [1.82, 2.24) is 5.32 Å². The Morgan fingerprint density at radius 2 is 1.48 bits per heavy atom. The van der Waals surface area contributed by atoms with E-state index in [9.17, 15) is 27.6 Å². The van der Waals surface area contributed by atoms with Crippen LogP contribution in [-0.4, -0.2) is 37.4 Å². The third kappa shape index (κ3) is 7.00. The van der Waals surface area contributed by atoms with Gasteiger partial charge in [-0.25, -0.2) is 14.4 Å². The molecule has 0 aliphatic rings. The van der Waals surface area contributed by atoms with E-state index in [4.69, 9.17) is 4.74 Å². The standard InChI is InChI=1S/C17H18F3NO6/c1-3-25-14(22)12(17(18,19)20)13(15(23)26-4-2)21-16(24)27-10-11-8-6-5-7-9-11/h5-9H,3-4,10H2,1-2H3,(H,21,24)/b13-12-. The summed E-state index contributed by atoms with van der Waals surface area (Å²) in [7, 11) is 0. The number of esters is 2. The van der Waals surface area contributed by atoms with Crippen molar-refractivity contribution in [3.8, 4) is 0 Å². The summed E-state index contributed by atoms with van der Waals surface area (Å²) in [5.74, 6) is -3.37. The van der Waals surface area contributed by atoms with Gasteiger partial charge in [-0.3, -0.25) is 5.32 Å². The zero-order valence-corrected chi connectivity index (χ0v) is 14.6. The molecule has 10 heteroatoms. The lowest BCUT2D eigenvalue weighted by Gasteiger charge is -2.16. The van der Waals surface area contributed by atoms with Gasteiger partial charge in [0.25, 0.3) is 0 Å². The van der Waals surface area contributed by atoms with Crippen LogP contribution in [-0.2, 0) is 30.4 Å². The smallest absolute Gasteiger partial charge is 0.425 e. The zero-order chi connectivity index (χ0) is 20.4. The molecule has 0 heterocycles. The number of hydrogen-bond acceptors (Lipinski definition) is 6. The number of nitrogens with one attached hydrogen (secondary N) is 1. The van der Waals surface area contributed by atoms with Gasteiger partial charge in [-0.15, -0.1) is 0 Å². The van der Waals surface area contributed by atoms with E-state index in [0.29, 0.717) is 5.56 Å². The first-order valence-corrected chi connectivity index (χ1v) is 7.84. The summed E-state index contributed by atoms with van der Waals surface area (Å²) >= 11 is 0. The molecule has 0 aromatic heterocycles. The molecule has 0 saturated heterocycles. The van der Waals surface area contributed by atoms with Gasteiger partial charge in [0, 0.05) is 0 Å². The van der Waals surface area contributed by atoms with Crippen LogP contribution in [0.3, 0.4) is 0 Å². The normalized spacial score (nSPS) is 11.9. The molecule has 148 valence electrons. The molecule has 1 rings (SSSR count). The molecule has 0 aliphatic heterocycles. The monoisotopic (exact) mass is 389 g/mol. The number of alkyl halides is 3. The Morgan fingerprint density at radius 1 is 0.926 bits per heavy atom. The molecule has 1 aromatic rings. The Balaban J connectivity index is 3.11. The van der Waals surface area contributed by atoms with Crippen LogP contribution in [0.15, 0.2) is 41.6 Å². The summed E-state index contributed by atoms with van der Waals surface area (Å²) in [6.07, 6.45) is -6.64. The Hall–Kier alpha value is -3.04. The van der Waals surface area contributed by atoms with Crippen LogP contribution in [0, 0.1) is 0 Å². The van der Waals surface area contributed by atoms with Crippen LogP contribution in [0.5, 0.6) is 0 Å². The molecule has 0 atom stereocenters. The van der Waals surface area contributed by atoms with Gasteiger partial charge in [0.05, 0.1) is 13.2 Å². The molecule has 27 heavy (non-hydrogen) atoms. The fourth-order valence-electron chi connectivity index (χ4n) is 1.84. The summed E-state index contributed by atoms with van der Waals surface area (Å²) in [5.41, 5.74) is -2.82. The molecule has 1 amide bonds. The quantitative estimate of drug-likeness (QED) is 0.438. The van der Waals surface area contributed by atoms with Gasteiger partial charge < -0.3 is 14.2 Å². The van der Waals surface area contributed by atoms with Crippen LogP contribution in [0.25, 0.3) is 0 Å². The highest BCUT2D eigenvalue weighted by Gasteiger charge is 2.45. The van der Waals surface area contributed by atoms with Gasteiger partial charge in [-0.05, 0) is 19.4 Å². The second kappa shape index (κ2) is 10.2. The van der Waals surface area contributed by atoms with Crippen LogP contribution in [0.1, 0.15) is 19.4 Å². The van der Waals surface area contributed by atoms with Gasteiger partial charge in [-0.2, -0.15) is 13.2 Å². The average molecular weight is 389 g/mol. The topological polar surface area (TPSA) is 90.9 Å². The summed E-state index contributed by atoms with van der Waals surface area (Å²) < 4.78 is 53.5. The molecule has 0 bridgehead atoms. The molecular formula is C17H18F3NO6. The van der Waals surface area contributed by atoms with E-state index in [1.807, 2.05) is 0 Å². The molecule has 0 unspecified atom stereocenters. The van der Waals surface area contributed by atoms with E-state index in [-0.39, 0.29) is 19.8 Å². The fourth-order valence-corrected chi connectivity index (χ4v) is 1.84. The minimum atomic E-state index is -5.28. The van der Waals surface area contributed by atoms with Crippen molar-refractivity contribution in [2.45, 2.75) is 26.6 Å². The van der Waals surface area contributed by atoms with Crippen molar-refractivity contribution in [3.05, 3.63) is 47.2 Å². The predicted octanol–water partition coefficient (Wildman–Crippen LogP) is 2.86. The number of alkyl carbamates (subject to hydrolysis) is 1. The molecule has 1 N–H and O–H groups in total. The Morgan fingerprint density at radius 3 is 2.00 bits per heavy atom. The van der Waals surface area contributed by atoms with Crippen LogP contribution in [0.4, 0.5) is 18.0 Å². The lowest BCUT2D eigenvalue weighted by molar-refractivity contribution is -0.153. The lowest BCUT2D eigenvalue weighted by atomic mass is 10.2. The number of carbonyl (C=O) groups is 3. The van der Waals surface area contributed by atoms with Gasteiger partial charge >= 0.3 is 24.2 Å². The summed E-state index contributed by atoms with van der Waals surface area (Å²) in [4.78, 5) is 35.4. The van der Waals surface area contributed by atoms with Crippen molar-refractivity contribution < 1.29 is 41.8 Å². The number of halogens is 3. The average Bonchev–Trinajstić information content (AvgIpc) is 2.59. The van der Waals surface area contributed by atoms with Gasteiger partial charge in [0.2, 0.25) is 0 Å². The molecule has 0 aliphatic carbocycles. The van der Waals surface area contributed by atoms with Gasteiger partial charge in [0.1, 0.15) is 12.3 Å². The first-order chi connectivity index (χ1) is 12.7. The number of hydrogen-bond donors (Lipinski definition) is 1. The van der Waals surface area contributed by atoms with E-state index in [1.54, 1.807) is 35.6 Å². The van der Waals surface area contributed by atoms with Crippen LogP contribution < -0.4 is 5.32 Å². The van der Waals surface area contributed by atoms with Crippen LogP contribution >= 0.6 is 0 Å². The SMILES string of the molecule is CCOC(=O)/C(NC(=O)OCc1ccccc1)=C(\C(=O)OCC)C(F)(F)F. The van der Waals surface area contributed by atoms with E-state index in [1.165, 1.54) is 13.8 Å². The number of ether oxygens (including phenoxy) is 3. The first-order valence-electron chi connectivity index (χ1n) is 7.84. The highest BCUT2D eigenvalue weighted by atomic mass is 19.4. The highest BCUT2D eigenvalue weighted by Crippen LogP contribution is 2.29. The fraction of sp³-hybridized carbons (Fsp3) is 0.353. The van der Waals surface area contributed by atoms with Crippen molar-refractivity contribution in [2.75, 3.05) is 13.2 Å². The molecule has 7 nitrogen and oxygen atoms in total. The maximum absolute atomic E-state index is 13.3. The third-order valence-electron chi connectivity index (χ3n) is 2.93. The van der Waals surface area contributed by atoms with Crippen molar-refractivity contribution in [1.29, 1.82) is 0 Å². The number of carbonyl (C=O) groups excluding carboxylic acids is 3. The molecule has 0 radical (unpaired) electrons. The summed E-state index contributed by atoms with van der Waals surface area (Å²) in [5, 5.41) is 1.64. The zero-order valence-electron chi connectivity index (χ0n) is 14.6. The second-order valence-corrected chi connectivity index (χ2v) is 4.88. The molecule has 0 saturated carbocycles. The predicted molar refractivity (Wildman–Crippen MR) is 86.1 cm³/mol. The van der Waals surface area contributed by atoms with E-state index >= 15 is 0 Å². The van der Waals surface area contributed by atoms with Crippen LogP contribution in [0.2, 0.25) is 0 Å². The van der Waals surface area contributed by atoms with E-state index in [2.05, 4.69) is 9.47 Å². The minimum Gasteiger partial charge on any atom is -0.462 e. The third-order valence-corrected chi connectivity index (χ3v) is 2.93. The number of benzene rings is 1. The second-order valence-electron chi connectivity index (χ2n) is 4.88. The Kier molecular flexibility index (Phi) is 8.31. The molecule has 0 fully saturated rings. The van der Waals surface area contributed by atoms with Crippen molar-refractivity contribution in [2.24, 2.45) is 0 Å². The van der Waals surface area contributed by atoms with Gasteiger partial charge in [0.15, 0.2) is 5.57 Å². The van der Waals surface area contributed by atoms with Crippen molar-refractivity contribution in [3.63, 3.8) is 0 Å². The summed E-state index contributed by atoms with van der Waals surface area (Å²) in [6.45, 7) is 1.73. The maximum atomic E-state index is 13.3. The van der Waals surface area contributed by atoms with Gasteiger partial charge in [-0.1, -0.05) is 30.3 Å².